The number of amidine groups is 1. The third-order valence-electron chi connectivity index (χ3n) is 2.64. The molecule has 18 heavy (non-hydrogen) atoms. The molecular formula is C12H11N5O. The molecule has 1 amide bonds. The highest BCUT2D eigenvalue weighted by Crippen LogP contribution is 2.10. The average Bonchev–Trinajstić information content (AvgIpc) is 2.94. The van der Waals surface area contributed by atoms with Crippen LogP contribution in [0.15, 0.2) is 48.0 Å². The number of imidazole rings is 1. The van der Waals surface area contributed by atoms with E-state index in [0.29, 0.717) is 5.84 Å². The van der Waals surface area contributed by atoms with Crippen molar-refractivity contribution in [2.75, 3.05) is 6.54 Å². The number of benzene rings is 1. The molecule has 0 atom stereocenters. The lowest BCUT2D eigenvalue weighted by Gasteiger charge is -2.15. The summed E-state index contributed by atoms with van der Waals surface area (Å²) in [5.74, 6) is 0.542. The Morgan fingerprint density at radius 2 is 2.00 bits per heavy atom. The van der Waals surface area contributed by atoms with Gasteiger partial charge in [-0.3, -0.25) is 20.6 Å². The molecule has 1 aliphatic rings. The van der Waals surface area contributed by atoms with Crippen LogP contribution >= 0.6 is 0 Å². The van der Waals surface area contributed by atoms with E-state index in [1.807, 2.05) is 35.0 Å². The Labute approximate surface area is 103 Å². The van der Waals surface area contributed by atoms with Gasteiger partial charge in [-0.25, -0.2) is 4.98 Å². The zero-order chi connectivity index (χ0) is 12.4. The van der Waals surface area contributed by atoms with E-state index >= 15 is 0 Å². The van der Waals surface area contributed by atoms with Crippen molar-refractivity contribution in [3.05, 3.63) is 48.5 Å². The zero-order valence-electron chi connectivity index (χ0n) is 9.50. The number of amides is 1. The third-order valence-corrected chi connectivity index (χ3v) is 2.64. The first-order chi connectivity index (χ1) is 8.83. The van der Waals surface area contributed by atoms with Crippen LogP contribution in [0.5, 0.6) is 0 Å². The number of carbonyl (C=O) groups is 1. The lowest BCUT2D eigenvalue weighted by atomic mass is 10.2. The van der Waals surface area contributed by atoms with Crippen LogP contribution in [0, 0.1) is 0 Å². The molecule has 6 heteroatoms. The Morgan fingerprint density at radius 3 is 2.61 bits per heavy atom. The van der Waals surface area contributed by atoms with Gasteiger partial charge in [0.25, 0.3) is 5.91 Å². The molecule has 0 bridgehead atoms. The van der Waals surface area contributed by atoms with Crippen molar-refractivity contribution in [3.8, 4) is 5.69 Å². The Hall–Kier alpha value is -2.63. The molecule has 6 nitrogen and oxygen atoms in total. The lowest BCUT2D eigenvalue weighted by Crippen LogP contribution is -2.47. The van der Waals surface area contributed by atoms with E-state index in [9.17, 15) is 4.79 Å². The molecule has 90 valence electrons. The summed E-state index contributed by atoms with van der Waals surface area (Å²) in [6, 6.07) is 7.83. The van der Waals surface area contributed by atoms with Crippen molar-refractivity contribution < 1.29 is 4.79 Å². The van der Waals surface area contributed by atoms with Gasteiger partial charge in [0, 0.05) is 23.6 Å². The van der Waals surface area contributed by atoms with Gasteiger partial charge in [0.2, 0.25) is 0 Å². The Morgan fingerprint density at radius 1 is 1.17 bits per heavy atom. The number of hydrogen-bond donors (Lipinski definition) is 2. The minimum atomic E-state index is -0.131. The molecule has 2 heterocycles. The van der Waals surface area contributed by atoms with Crippen molar-refractivity contribution in [2.45, 2.75) is 0 Å². The summed E-state index contributed by atoms with van der Waals surface area (Å²) in [4.78, 5) is 19.1. The average molecular weight is 241 g/mol. The van der Waals surface area contributed by atoms with Gasteiger partial charge in [-0.2, -0.15) is 0 Å². The fourth-order valence-corrected chi connectivity index (χ4v) is 1.73. The van der Waals surface area contributed by atoms with Crippen molar-refractivity contribution in [1.29, 1.82) is 0 Å². The van der Waals surface area contributed by atoms with Gasteiger partial charge < -0.3 is 4.57 Å². The van der Waals surface area contributed by atoms with Crippen LogP contribution in [0.4, 0.5) is 0 Å². The first kappa shape index (κ1) is 10.5. The van der Waals surface area contributed by atoms with E-state index < -0.39 is 0 Å². The van der Waals surface area contributed by atoms with E-state index in [4.69, 9.17) is 0 Å². The molecule has 1 aliphatic heterocycles. The summed E-state index contributed by atoms with van der Waals surface area (Å²) in [6.07, 6.45) is 5.35. The smallest absolute Gasteiger partial charge is 0.260 e. The number of rotatable bonds is 2. The van der Waals surface area contributed by atoms with Crippen LogP contribution in [-0.4, -0.2) is 27.8 Å². The highest BCUT2D eigenvalue weighted by Gasteiger charge is 2.11. The quantitative estimate of drug-likeness (QED) is 0.792. The minimum absolute atomic E-state index is 0.131. The van der Waals surface area contributed by atoms with Crippen molar-refractivity contribution in [2.24, 2.45) is 4.99 Å². The summed E-state index contributed by atoms with van der Waals surface area (Å²) < 4.78 is 1.92. The molecule has 1 aromatic carbocycles. The van der Waals surface area contributed by atoms with Crippen LogP contribution in [-0.2, 0) is 4.79 Å². The van der Waals surface area contributed by atoms with Crippen molar-refractivity contribution in [1.82, 2.24) is 20.4 Å². The largest absolute Gasteiger partial charge is 0.306 e. The summed E-state index contributed by atoms with van der Waals surface area (Å²) in [5.41, 5.74) is 7.26. The van der Waals surface area contributed by atoms with Gasteiger partial charge in [-0.05, 0) is 24.3 Å². The summed E-state index contributed by atoms with van der Waals surface area (Å²) in [6.45, 7) is 0.158. The van der Waals surface area contributed by atoms with Crippen LogP contribution in [0.1, 0.15) is 5.56 Å². The predicted octanol–water partition coefficient (Wildman–Crippen LogP) is 0.253. The molecule has 0 saturated carbocycles. The van der Waals surface area contributed by atoms with E-state index in [-0.39, 0.29) is 12.5 Å². The maximum Gasteiger partial charge on any atom is 0.260 e. The van der Waals surface area contributed by atoms with E-state index in [2.05, 4.69) is 20.8 Å². The maximum absolute atomic E-state index is 11.0. The highest BCUT2D eigenvalue weighted by molar-refractivity contribution is 6.02. The lowest BCUT2D eigenvalue weighted by molar-refractivity contribution is -0.120. The number of hydrazine groups is 1. The van der Waals surface area contributed by atoms with E-state index in [0.717, 1.165) is 11.3 Å². The van der Waals surface area contributed by atoms with Crippen LogP contribution in [0.3, 0.4) is 0 Å². The number of nitrogens with zero attached hydrogens (tertiary/aromatic N) is 3. The second kappa shape index (κ2) is 4.33. The monoisotopic (exact) mass is 241 g/mol. The maximum atomic E-state index is 11.0. The van der Waals surface area contributed by atoms with E-state index in [1.54, 1.807) is 12.5 Å². The predicted molar refractivity (Wildman–Crippen MR) is 66.2 cm³/mol. The molecule has 0 radical (unpaired) electrons. The van der Waals surface area contributed by atoms with Gasteiger partial charge >= 0.3 is 0 Å². The molecule has 0 aliphatic carbocycles. The third kappa shape index (κ3) is 1.95. The van der Waals surface area contributed by atoms with Crippen LogP contribution < -0.4 is 10.9 Å². The van der Waals surface area contributed by atoms with Gasteiger partial charge in [-0.1, -0.05) is 0 Å². The van der Waals surface area contributed by atoms with Crippen LogP contribution in [0.2, 0.25) is 0 Å². The molecule has 3 rings (SSSR count). The summed E-state index contributed by atoms with van der Waals surface area (Å²) >= 11 is 0. The molecule has 2 N–H and O–H groups in total. The fraction of sp³-hybridized carbons (Fsp3) is 0.0833. The number of aromatic nitrogens is 2. The first-order valence-corrected chi connectivity index (χ1v) is 5.51. The SMILES string of the molecule is O=C1CN=C(c2ccc(-n3ccnc3)cc2)NN1. The Kier molecular flexibility index (Phi) is 2.53. The summed E-state index contributed by atoms with van der Waals surface area (Å²) in [7, 11) is 0. The minimum Gasteiger partial charge on any atom is -0.306 e. The number of nitrogens with one attached hydrogen (secondary N) is 2. The Bertz CT molecular complexity index is 585. The molecular weight excluding hydrogens is 230 g/mol. The van der Waals surface area contributed by atoms with Crippen molar-refractivity contribution >= 4 is 11.7 Å². The first-order valence-electron chi connectivity index (χ1n) is 5.51. The standard InChI is InChI=1S/C12H11N5O/c18-11-7-14-12(16-15-11)9-1-3-10(4-2-9)17-6-5-13-8-17/h1-6,8H,7H2,(H,14,16)(H,15,18). The second-order valence-electron chi connectivity index (χ2n) is 3.85. The van der Waals surface area contributed by atoms with E-state index in [1.165, 1.54) is 0 Å². The summed E-state index contributed by atoms with van der Waals surface area (Å²) in [5, 5.41) is 0. The zero-order valence-corrected chi connectivity index (χ0v) is 9.50. The molecule has 0 fully saturated rings. The number of carbonyl (C=O) groups excluding carboxylic acids is 1. The van der Waals surface area contributed by atoms with Gasteiger partial charge in [-0.15, -0.1) is 0 Å². The Balaban J connectivity index is 1.85. The molecule has 1 aromatic heterocycles. The van der Waals surface area contributed by atoms with Crippen LogP contribution in [0.25, 0.3) is 5.69 Å². The molecule has 0 spiro atoms. The van der Waals surface area contributed by atoms with Crippen molar-refractivity contribution in [3.63, 3.8) is 0 Å². The van der Waals surface area contributed by atoms with Gasteiger partial charge in [0.15, 0.2) is 0 Å². The van der Waals surface area contributed by atoms with Gasteiger partial charge in [0.1, 0.15) is 12.4 Å². The second-order valence-corrected chi connectivity index (χ2v) is 3.85. The number of aliphatic imine (C=N–C) groups is 1. The molecule has 0 unspecified atom stereocenters. The fourth-order valence-electron chi connectivity index (χ4n) is 1.73. The highest BCUT2D eigenvalue weighted by atomic mass is 16.2. The molecule has 2 aromatic rings. The normalized spacial score (nSPS) is 14.7. The number of hydrogen-bond acceptors (Lipinski definition) is 4. The molecule has 0 saturated heterocycles. The van der Waals surface area contributed by atoms with Gasteiger partial charge in [0.05, 0.1) is 6.33 Å². The topological polar surface area (TPSA) is 71.3 Å².